The van der Waals surface area contributed by atoms with Crippen LogP contribution in [0.2, 0.25) is 10.0 Å². The number of hydrogen-bond acceptors (Lipinski definition) is 2. The van der Waals surface area contributed by atoms with Crippen LogP contribution >= 0.6 is 23.2 Å². The number of rotatable bonds is 4. The molecule has 0 aliphatic rings. The molecule has 0 saturated heterocycles. The third kappa shape index (κ3) is 3.39. The van der Waals surface area contributed by atoms with Crippen LogP contribution in [0.4, 0.5) is 0 Å². The lowest BCUT2D eigenvalue weighted by molar-refractivity contribution is 1.03. The summed E-state index contributed by atoms with van der Waals surface area (Å²) in [7, 11) is 0. The zero-order valence-electron chi connectivity index (χ0n) is 14.1. The van der Waals surface area contributed by atoms with Crippen LogP contribution in [0.1, 0.15) is 17.2 Å². The predicted molar refractivity (Wildman–Crippen MR) is 106 cm³/mol. The van der Waals surface area contributed by atoms with Crippen molar-refractivity contribution < 1.29 is 0 Å². The first-order valence-electron chi connectivity index (χ1n) is 8.19. The summed E-state index contributed by atoms with van der Waals surface area (Å²) >= 11 is 12.7. The first kappa shape index (κ1) is 16.9. The highest BCUT2D eigenvalue weighted by molar-refractivity contribution is 6.34. The van der Waals surface area contributed by atoms with Gasteiger partial charge in [-0.3, -0.25) is 0 Å². The molecule has 2 N–H and O–H groups in total. The predicted octanol–water partition coefficient (Wildman–Crippen LogP) is 5.67. The molecule has 0 radical (unpaired) electrons. The third-order valence-electron chi connectivity index (χ3n) is 4.19. The van der Waals surface area contributed by atoms with Crippen molar-refractivity contribution in [2.45, 2.75) is 13.3 Å². The molecule has 2 aromatic heterocycles. The van der Waals surface area contributed by atoms with Gasteiger partial charge in [0.05, 0.1) is 28.8 Å². The fourth-order valence-electron chi connectivity index (χ4n) is 2.92. The molecule has 0 aliphatic carbocycles. The molecule has 6 heteroatoms. The summed E-state index contributed by atoms with van der Waals surface area (Å²) in [6.45, 7) is 1.92. The topological polar surface area (TPSA) is 57.4 Å². The summed E-state index contributed by atoms with van der Waals surface area (Å²) in [6, 6.07) is 13.7. The highest BCUT2D eigenvalue weighted by atomic mass is 35.5. The van der Waals surface area contributed by atoms with E-state index < -0.39 is 0 Å². The van der Waals surface area contributed by atoms with Crippen molar-refractivity contribution in [1.82, 2.24) is 19.9 Å². The van der Waals surface area contributed by atoms with E-state index in [2.05, 4.69) is 19.9 Å². The number of nitrogens with zero attached hydrogens (tertiary/aromatic N) is 2. The Morgan fingerprint density at radius 1 is 0.923 bits per heavy atom. The van der Waals surface area contributed by atoms with E-state index in [0.717, 1.165) is 39.7 Å². The molecule has 130 valence electrons. The summed E-state index contributed by atoms with van der Waals surface area (Å²) in [4.78, 5) is 15.3. The molecule has 0 bridgehead atoms. The Bertz CT molecular complexity index is 1070. The number of nitrogens with one attached hydrogen (secondary N) is 2. The number of H-pyrrole nitrogens is 2. The lowest BCUT2D eigenvalue weighted by atomic mass is 10.1. The number of aromatic amines is 2. The standard InChI is InChI=1S/C20H16Cl2N4/c1-12-23-11-18(25-12)16-7-3-5-14(20(16)22)9-19-24-10-17(26-19)13-4-2-6-15(21)8-13/h2-8,10-11H,9H2,1H3,(H,23,25)(H,24,26). The summed E-state index contributed by atoms with van der Waals surface area (Å²) in [5.41, 5.74) is 4.78. The normalized spacial score (nSPS) is 11.0. The SMILES string of the molecule is Cc1ncc(-c2cccc(Cc3ncc(-c4cccc(Cl)c4)[nH]3)c2Cl)[nH]1. The maximum Gasteiger partial charge on any atom is 0.110 e. The van der Waals surface area contributed by atoms with E-state index in [1.807, 2.05) is 55.6 Å². The van der Waals surface area contributed by atoms with Crippen LogP contribution < -0.4 is 0 Å². The quantitative estimate of drug-likeness (QED) is 0.477. The van der Waals surface area contributed by atoms with Gasteiger partial charge in [0.25, 0.3) is 0 Å². The van der Waals surface area contributed by atoms with Crippen LogP contribution in [0.15, 0.2) is 54.9 Å². The fourth-order valence-corrected chi connectivity index (χ4v) is 3.40. The first-order chi connectivity index (χ1) is 12.6. The van der Waals surface area contributed by atoms with Gasteiger partial charge >= 0.3 is 0 Å². The molecule has 2 aromatic carbocycles. The Morgan fingerprint density at radius 3 is 2.50 bits per heavy atom. The molecule has 0 amide bonds. The Labute approximate surface area is 161 Å². The van der Waals surface area contributed by atoms with Crippen molar-refractivity contribution >= 4 is 23.2 Å². The van der Waals surface area contributed by atoms with E-state index >= 15 is 0 Å². The summed E-state index contributed by atoms with van der Waals surface area (Å²) in [5, 5.41) is 1.40. The van der Waals surface area contributed by atoms with Crippen molar-refractivity contribution in [2.75, 3.05) is 0 Å². The summed E-state index contributed by atoms with van der Waals surface area (Å²) < 4.78 is 0. The second-order valence-corrected chi connectivity index (χ2v) is 6.91. The van der Waals surface area contributed by atoms with E-state index in [1.165, 1.54) is 0 Å². The number of imidazole rings is 2. The smallest absolute Gasteiger partial charge is 0.110 e. The third-order valence-corrected chi connectivity index (χ3v) is 4.88. The maximum atomic E-state index is 6.64. The van der Waals surface area contributed by atoms with Gasteiger partial charge in [0.2, 0.25) is 0 Å². The van der Waals surface area contributed by atoms with Crippen LogP contribution in [0.5, 0.6) is 0 Å². The Morgan fingerprint density at radius 2 is 1.73 bits per heavy atom. The lowest BCUT2D eigenvalue weighted by Crippen LogP contribution is -1.94. The second kappa shape index (κ2) is 6.98. The zero-order chi connectivity index (χ0) is 18.1. The number of aromatic nitrogens is 4. The Balaban J connectivity index is 1.62. The number of benzene rings is 2. The van der Waals surface area contributed by atoms with Crippen molar-refractivity contribution in [3.63, 3.8) is 0 Å². The highest BCUT2D eigenvalue weighted by Crippen LogP contribution is 2.31. The van der Waals surface area contributed by atoms with E-state index in [1.54, 1.807) is 6.20 Å². The van der Waals surface area contributed by atoms with Gasteiger partial charge in [0.1, 0.15) is 11.6 Å². The second-order valence-electron chi connectivity index (χ2n) is 6.09. The molecule has 4 rings (SSSR count). The Kier molecular flexibility index (Phi) is 4.53. The van der Waals surface area contributed by atoms with E-state index in [-0.39, 0.29) is 0 Å². The van der Waals surface area contributed by atoms with Crippen LogP contribution in [-0.2, 0) is 6.42 Å². The maximum absolute atomic E-state index is 6.64. The lowest BCUT2D eigenvalue weighted by Gasteiger charge is -2.07. The van der Waals surface area contributed by atoms with Gasteiger partial charge in [-0.05, 0) is 24.6 Å². The van der Waals surface area contributed by atoms with Gasteiger partial charge in [0, 0.05) is 22.6 Å². The molecule has 2 heterocycles. The van der Waals surface area contributed by atoms with E-state index in [9.17, 15) is 0 Å². The minimum Gasteiger partial charge on any atom is -0.342 e. The van der Waals surface area contributed by atoms with Gasteiger partial charge in [-0.2, -0.15) is 0 Å². The monoisotopic (exact) mass is 382 g/mol. The molecule has 26 heavy (non-hydrogen) atoms. The molecule has 0 saturated carbocycles. The van der Waals surface area contributed by atoms with Gasteiger partial charge in [0.15, 0.2) is 0 Å². The number of aryl methyl sites for hydroxylation is 1. The van der Waals surface area contributed by atoms with Gasteiger partial charge < -0.3 is 9.97 Å². The fraction of sp³-hybridized carbons (Fsp3) is 0.100. The van der Waals surface area contributed by atoms with Gasteiger partial charge in [-0.1, -0.05) is 53.5 Å². The van der Waals surface area contributed by atoms with E-state index in [0.29, 0.717) is 16.5 Å². The van der Waals surface area contributed by atoms with Crippen molar-refractivity contribution in [3.05, 3.63) is 82.1 Å². The largest absolute Gasteiger partial charge is 0.342 e. The summed E-state index contributed by atoms with van der Waals surface area (Å²) in [6.07, 6.45) is 4.22. The molecule has 0 atom stereocenters. The van der Waals surface area contributed by atoms with E-state index in [4.69, 9.17) is 23.2 Å². The molecule has 0 unspecified atom stereocenters. The van der Waals surface area contributed by atoms with Crippen LogP contribution in [0, 0.1) is 6.92 Å². The summed E-state index contributed by atoms with van der Waals surface area (Å²) in [5.74, 6) is 1.71. The molecule has 0 spiro atoms. The van der Waals surface area contributed by atoms with Gasteiger partial charge in [-0.25, -0.2) is 9.97 Å². The van der Waals surface area contributed by atoms with Crippen molar-refractivity contribution in [2.24, 2.45) is 0 Å². The first-order valence-corrected chi connectivity index (χ1v) is 8.95. The van der Waals surface area contributed by atoms with Gasteiger partial charge in [-0.15, -0.1) is 0 Å². The molecular formula is C20H16Cl2N4. The molecule has 0 aliphatic heterocycles. The van der Waals surface area contributed by atoms with Crippen molar-refractivity contribution in [1.29, 1.82) is 0 Å². The highest BCUT2D eigenvalue weighted by Gasteiger charge is 2.12. The van der Waals surface area contributed by atoms with Crippen LogP contribution in [-0.4, -0.2) is 19.9 Å². The molecule has 4 nitrogen and oxygen atoms in total. The number of hydrogen-bond donors (Lipinski definition) is 2. The Hall–Kier alpha value is -2.56. The number of halogens is 2. The minimum atomic E-state index is 0.611. The average molecular weight is 383 g/mol. The van der Waals surface area contributed by atoms with Crippen LogP contribution in [0.3, 0.4) is 0 Å². The molecular weight excluding hydrogens is 367 g/mol. The molecule has 4 aromatic rings. The molecule has 0 fully saturated rings. The zero-order valence-corrected chi connectivity index (χ0v) is 15.6. The van der Waals surface area contributed by atoms with Crippen LogP contribution in [0.25, 0.3) is 22.5 Å². The average Bonchev–Trinajstić information content (AvgIpc) is 3.26. The van der Waals surface area contributed by atoms with Crippen molar-refractivity contribution in [3.8, 4) is 22.5 Å². The minimum absolute atomic E-state index is 0.611.